The van der Waals surface area contributed by atoms with E-state index >= 15 is 0 Å². The van der Waals surface area contributed by atoms with Gasteiger partial charge in [-0.15, -0.1) is 0 Å². The van der Waals surface area contributed by atoms with Crippen LogP contribution in [-0.2, 0) is 0 Å². The van der Waals surface area contributed by atoms with Crippen LogP contribution in [0.2, 0.25) is 0 Å². The van der Waals surface area contributed by atoms with Gasteiger partial charge in [0.15, 0.2) is 0 Å². The van der Waals surface area contributed by atoms with Crippen LogP contribution in [0.1, 0.15) is 12.0 Å². The van der Waals surface area contributed by atoms with Crippen molar-refractivity contribution in [2.24, 2.45) is 0 Å². The highest BCUT2D eigenvalue weighted by Crippen LogP contribution is 2.31. The Morgan fingerprint density at radius 3 is 2.57 bits per heavy atom. The minimum absolute atomic E-state index is 0.172. The molecule has 0 aromatic heterocycles. The van der Waals surface area contributed by atoms with E-state index in [-0.39, 0.29) is 17.0 Å². The average molecular weight is 203 g/mol. The Bertz CT molecular complexity index is 354. The molecule has 0 aliphatic heterocycles. The van der Waals surface area contributed by atoms with Crippen molar-refractivity contribution >= 4 is 5.69 Å². The molecule has 0 unspecified atom stereocenters. The third-order valence-corrected chi connectivity index (χ3v) is 1.66. The highest BCUT2D eigenvalue weighted by atomic mass is 19.3. The number of nitro groups is 1. The van der Waals surface area contributed by atoms with Gasteiger partial charge in [-0.25, -0.2) is 8.78 Å². The summed E-state index contributed by atoms with van der Waals surface area (Å²) in [5.74, 6) is -0.172. The summed E-state index contributed by atoms with van der Waals surface area (Å²) < 4.78 is 29.2. The summed E-state index contributed by atoms with van der Waals surface area (Å²) in [5, 5.41) is 10.3. The maximum absolute atomic E-state index is 12.3. The Morgan fingerprint density at radius 1 is 1.50 bits per heavy atom. The molecule has 76 valence electrons. The number of methoxy groups -OCH3 is 1. The molecule has 14 heavy (non-hydrogen) atoms. The summed E-state index contributed by atoms with van der Waals surface area (Å²) in [6, 6.07) is 2.98. The lowest BCUT2D eigenvalue weighted by Gasteiger charge is -2.06. The van der Waals surface area contributed by atoms with Crippen LogP contribution in [0, 0.1) is 10.1 Å². The van der Waals surface area contributed by atoms with Gasteiger partial charge in [-0.05, 0) is 6.07 Å². The van der Waals surface area contributed by atoms with Gasteiger partial charge in [-0.1, -0.05) is 0 Å². The maximum Gasteiger partial charge on any atom is 0.273 e. The molecule has 0 saturated heterocycles. The van der Waals surface area contributed by atoms with Crippen LogP contribution in [0.15, 0.2) is 18.2 Å². The number of nitrogens with zero attached hydrogens (tertiary/aromatic N) is 1. The second-order valence-corrected chi connectivity index (χ2v) is 2.48. The van der Waals surface area contributed by atoms with Gasteiger partial charge in [-0.3, -0.25) is 10.1 Å². The topological polar surface area (TPSA) is 52.4 Å². The fraction of sp³-hybridized carbons (Fsp3) is 0.250. The van der Waals surface area contributed by atoms with Gasteiger partial charge in [0.25, 0.3) is 12.1 Å². The molecule has 1 aromatic carbocycles. The van der Waals surface area contributed by atoms with Crippen LogP contribution < -0.4 is 4.74 Å². The summed E-state index contributed by atoms with van der Waals surface area (Å²) in [5.41, 5.74) is -0.621. The number of rotatable bonds is 3. The van der Waals surface area contributed by atoms with Crippen molar-refractivity contribution in [1.29, 1.82) is 0 Å². The van der Waals surface area contributed by atoms with Crippen LogP contribution in [0.4, 0.5) is 14.5 Å². The van der Waals surface area contributed by atoms with Crippen LogP contribution >= 0.6 is 0 Å². The highest BCUT2D eigenvalue weighted by Gasteiger charge is 2.17. The molecule has 0 aliphatic carbocycles. The summed E-state index contributed by atoms with van der Waals surface area (Å²) in [7, 11) is 1.19. The van der Waals surface area contributed by atoms with Crippen molar-refractivity contribution in [3.63, 3.8) is 0 Å². The maximum atomic E-state index is 12.3. The number of alkyl halides is 2. The molecule has 0 radical (unpaired) electrons. The molecule has 0 heterocycles. The number of benzene rings is 1. The zero-order valence-corrected chi connectivity index (χ0v) is 7.24. The second kappa shape index (κ2) is 3.99. The minimum Gasteiger partial charge on any atom is -0.496 e. The smallest absolute Gasteiger partial charge is 0.273 e. The van der Waals surface area contributed by atoms with Crippen molar-refractivity contribution in [2.75, 3.05) is 7.11 Å². The Balaban J connectivity index is 3.18. The first-order valence-electron chi connectivity index (χ1n) is 3.66. The SMILES string of the molecule is COc1cc([N+](=O)[O-])ccc1C(F)F. The standard InChI is InChI=1S/C8H7F2NO3/c1-14-7-4-5(11(12)13)2-3-6(7)8(9)10/h2-4,8H,1H3. The van der Waals surface area contributed by atoms with E-state index in [0.717, 1.165) is 18.2 Å². The molecule has 0 fully saturated rings. The van der Waals surface area contributed by atoms with Crippen LogP contribution in [0.3, 0.4) is 0 Å². The molecular formula is C8H7F2NO3. The van der Waals surface area contributed by atoms with Gasteiger partial charge in [0.1, 0.15) is 5.75 Å². The van der Waals surface area contributed by atoms with E-state index in [1.165, 1.54) is 7.11 Å². The van der Waals surface area contributed by atoms with Crippen LogP contribution in [0.5, 0.6) is 5.75 Å². The molecule has 0 bridgehead atoms. The Labute approximate surface area is 78.3 Å². The van der Waals surface area contributed by atoms with Gasteiger partial charge in [0, 0.05) is 6.07 Å². The molecule has 0 amide bonds. The van der Waals surface area contributed by atoms with E-state index in [2.05, 4.69) is 4.74 Å². The van der Waals surface area contributed by atoms with Gasteiger partial charge in [0.2, 0.25) is 0 Å². The van der Waals surface area contributed by atoms with Crippen LogP contribution in [-0.4, -0.2) is 12.0 Å². The number of hydrogen-bond donors (Lipinski definition) is 0. The number of ether oxygens (including phenoxy) is 1. The van der Waals surface area contributed by atoms with E-state index in [1.54, 1.807) is 0 Å². The van der Waals surface area contributed by atoms with E-state index in [1.807, 2.05) is 0 Å². The molecule has 0 N–H and O–H groups in total. The third-order valence-electron chi connectivity index (χ3n) is 1.66. The Morgan fingerprint density at radius 2 is 2.14 bits per heavy atom. The Hall–Kier alpha value is -1.72. The predicted octanol–water partition coefficient (Wildman–Crippen LogP) is 2.54. The van der Waals surface area contributed by atoms with Crippen molar-refractivity contribution in [3.05, 3.63) is 33.9 Å². The molecule has 6 heteroatoms. The largest absolute Gasteiger partial charge is 0.496 e. The van der Waals surface area contributed by atoms with Gasteiger partial charge >= 0.3 is 0 Å². The summed E-state index contributed by atoms with van der Waals surface area (Å²) in [4.78, 5) is 9.64. The lowest BCUT2D eigenvalue weighted by atomic mass is 10.2. The zero-order chi connectivity index (χ0) is 10.7. The van der Waals surface area contributed by atoms with Crippen molar-refractivity contribution in [3.8, 4) is 5.75 Å². The third kappa shape index (κ3) is 1.95. The normalized spacial score (nSPS) is 10.3. The van der Waals surface area contributed by atoms with Crippen molar-refractivity contribution in [1.82, 2.24) is 0 Å². The molecular weight excluding hydrogens is 196 g/mol. The summed E-state index contributed by atoms with van der Waals surface area (Å²) in [6.07, 6.45) is -2.70. The molecule has 0 saturated carbocycles. The van der Waals surface area contributed by atoms with Gasteiger partial charge in [0.05, 0.1) is 23.7 Å². The molecule has 1 aromatic rings. The fourth-order valence-corrected chi connectivity index (χ4v) is 0.994. The van der Waals surface area contributed by atoms with Gasteiger partial charge in [-0.2, -0.15) is 0 Å². The van der Waals surface area contributed by atoms with Crippen molar-refractivity contribution < 1.29 is 18.4 Å². The molecule has 0 aliphatic rings. The number of non-ortho nitro benzene ring substituents is 1. The van der Waals surface area contributed by atoms with E-state index < -0.39 is 11.3 Å². The summed E-state index contributed by atoms with van der Waals surface area (Å²) in [6.45, 7) is 0. The fourth-order valence-electron chi connectivity index (χ4n) is 0.994. The van der Waals surface area contributed by atoms with E-state index in [0.29, 0.717) is 0 Å². The number of nitro benzene ring substituents is 1. The molecule has 0 spiro atoms. The molecule has 4 nitrogen and oxygen atoms in total. The van der Waals surface area contributed by atoms with E-state index in [4.69, 9.17) is 0 Å². The average Bonchev–Trinajstić information content (AvgIpc) is 2.16. The lowest BCUT2D eigenvalue weighted by Crippen LogP contribution is -1.95. The van der Waals surface area contributed by atoms with Crippen LogP contribution in [0.25, 0.3) is 0 Å². The lowest BCUT2D eigenvalue weighted by molar-refractivity contribution is -0.385. The first-order valence-corrected chi connectivity index (χ1v) is 3.66. The van der Waals surface area contributed by atoms with E-state index in [9.17, 15) is 18.9 Å². The van der Waals surface area contributed by atoms with Gasteiger partial charge < -0.3 is 4.74 Å². The quantitative estimate of drug-likeness (QED) is 0.560. The monoisotopic (exact) mass is 203 g/mol. The minimum atomic E-state index is -2.70. The highest BCUT2D eigenvalue weighted by molar-refractivity contribution is 5.44. The number of halogens is 2. The predicted molar refractivity (Wildman–Crippen MR) is 44.6 cm³/mol. The Kier molecular flexibility index (Phi) is 2.95. The number of hydrogen-bond acceptors (Lipinski definition) is 3. The summed E-state index contributed by atoms with van der Waals surface area (Å²) >= 11 is 0. The first kappa shape index (κ1) is 10.4. The first-order chi connectivity index (χ1) is 6.56. The zero-order valence-electron chi connectivity index (χ0n) is 7.24. The molecule has 1 rings (SSSR count). The van der Waals surface area contributed by atoms with Crippen molar-refractivity contribution in [2.45, 2.75) is 6.43 Å². The molecule has 0 atom stereocenters. The second-order valence-electron chi connectivity index (χ2n) is 2.48.